The number of carbonyl (C=O) groups is 2. The van der Waals surface area contributed by atoms with Gasteiger partial charge in [-0.2, -0.15) is 0 Å². The standard InChI is InChI=1S/C10H9NO4/c1-14-10(13)9-8(12)6-4-5(11)2-3-7(6)15-9/h2-4,9H,11H2,1H3. The predicted octanol–water partition coefficient (Wildman–Crippen LogP) is 0.386. The number of carbonyl (C=O) groups excluding carboxylic acids is 2. The first-order valence-corrected chi connectivity index (χ1v) is 4.31. The van der Waals surface area contributed by atoms with Gasteiger partial charge in [-0.25, -0.2) is 4.79 Å². The van der Waals surface area contributed by atoms with Gasteiger partial charge in [-0.05, 0) is 18.2 Å². The smallest absolute Gasteiger partial charge is 0.355 e. The third-order valence-electron chi connectivity index (χ3n) is 2.17. The van der Waals surface area contributed by atoms with E-state index < -0.39 is 17.9 Å². The summed E-state index contributed by atoms with van der Waals surface area (Å²) in [4.78, 5) is 22.8. The molecule has 0 bridgehead atoms. The third-order valence-corrected chi connectivity index (χ3v) is 2.17. The first-order chi connectivity index (χ1) is 7.13. The molecule has 1 aromatic rings. The number of rotatable bonds is 1. The molecule has 0 saturated heterocycles. The largest absolute Gasteiger partial charge is 0.470 e. The van der Waals surface area contributed by atoms with Crippen LogP contribution >= 0.6 is 0 Å². The molecular formula is C10H9NO4. The molecule has 0 saturated carbocycles. The Hall–Kier alpha value is -2.04. The van der Waals surface area contributed by atoms with E-state index in [0.29, 0.717) is 17.0 Å². The van der Waals surface area contributed by atoms with Crippen molar-refractivity contribution in [3.05, 3.63) is 23.8 Å². The molecular weight excluding hydrogens is 198 g/mol. The maximum absolute atomic E-state index is 11.7. The zero-order valence-corrected chi connectivity index (χ0v) is 8.02. The average Bonchev–Trinajstić information content (AvgIpc) is 2.55. The molecule has 1 aliphatic rings. The zero-order valence-electron chi connectivity index (χ0n) is 8.02. The van der Waals surface area contributed by atoms with Gasteiger partial charge in [-0.3, -0.25) is 4.79 Å². The van der Waals surface area contributed by atoms with Gasteiger partial charge in [0.15, 0.2) is 0 Å². The van der Waals surface area contributed by atoms with E-state index in [9.17, 15) is 9.59 Å². The van der Waals surface area contributed by atoms with E-state index >= 15 is 0 Å². The van der Waals surface area contributed by atoms with Gasteiger partial charge in [-0.1, -0.05) is 0 Å². The van der Waals surface area contributed by atoms with E-state index in [1.54, 1.807) is 12.1 Å². The summed E-state index contributed by atoms with van der Waals surface area (Å²) in [7, 11) is 1.20. The van der Waals surface area contributed by atoms with Gasteiger partial charge in [0.25, 0.3) is 6.10 Å². The maximum Gasteiger partial charge on any atom is 0.355 e. The molecule has 15 heavy (non-hydrogen) atoms. The van der Waals surface area contributed by atoms with Crippen LogP contribution in [0.2, 0.25) is 0 Å². The number of anilines is 1. The molecule has 1 aromatic carbocycles. The number of hydrogen-bond acceptors (Lipinski definition) is 5. The maximum atomic E-state index is 11.7. The molecule has 0 amide bonds. The first-order valence-electron chi connectivity index (χ1n) is 4.31. The summed E-state index contributed by atoms with van der Waals surface area (Å²) in [5, 5.41) is 0. The molecule has 1 aliphatic heterocycles. The minimum atomic E-state index is -1.19. The van der Waals surface area contributed by atoms with Crippen LogP contribution < -0.4 is 10.5 Å². The lowest BCUT2D eigenvalue weighted by Gasteiger charge is -2.05. The van der Waals surface area contributed by atoms with Gasteiger partial charge in [0.2, 0.25) is 5.78 Å². The number of hydrogen-bond donors (Lipinski definition) is 1. The van der Waals surface area contributed by atoms with Crippen LogP contribution in [-0.4, -0.2) is 25.0 Å². The highest BCUT2D eigenvalue weighted by Crippen LogP contribution is 2.30. The first kappa shape index (κ1) is 9.51. The Bertz CT molecular complexity index is 441. The SMILES string of the molecule is COC(=O)C1Oc2ccc(N)cc2C1=O. The second-order valence-corrected chi connectivity index (χ2v) is 3.14. The minimum Gasteiger partial charge on any atom is -0.470 e. The van der Waals surface area contributed by atoms with Gasteiger partial charge in [0.05, 0.1) is 12.7 Å². The molecule has 0 aliphatic carbocycles. The van der Waals surface area contributed by atoms with E-state index in [2.05, 4.69) is 4.74 Å². The third kappa shape index (κ3) is 1.41. The molecule has 5 nitrogen and oxygen atoms in total. The lowest BCUT2D eigenvalue weighted by atomic mass is 10.1. The topological polar surface area (TPSA) is 78.6 Å². The van der Waals surface area contributed by atoms with Crippen molar-refractivity contribution in [3.8, 4) is 5.75 Å². The van der Waals surface area contributed by atoms with E-state index in [1.807, 2.05) is 0 Å². The van der Waals surface area contributed by atoms with Gasteiger partial charge < -0.3 is 15.2 Å². The number of fused-ring (bicyclic) bond motifs is 1. The number of Topliss-reactive ketones (excluding diaryl/α,β-unsaturated/α-hetero) is 1. The van der Waals surface area contributed by atoms with Crippen molar-refractivity contribution in [2.24, 2.45) is 0 Å². The second kappa shape index (κ2) is 3.27. The Kier molecular flexibility index (Phi) is 2.07. The number of esters is 1. The van der Waals surface area contributed by atoms with Crippen LogP contribution in [0.4, 0.5) is 5.69 Å². The summed E-state index contributed by atoms with van der Waals surface area (Å²) in [6, 6.07) is 4.65. The molecule has 0 fully saturated rings. The Labute approximate surface area is 85.8 Å². The Morgan fingerprint density at radius 2 is 2.27 bits per heavy atom. The summed E-state index contributed by atoms with van der Waals surface area (Å²) in [5.41, 5.74) is 6.30. The summed E-state index contributed by atoms with van der Waals surface area (Å²) >= 11 is 0. The summed E-state index contributed by atoms with van der Waals surface area (Å²) in [6.07, 6.45) is -1.19. The quantitative estimate of drug-likeness (QED) is 0.409. The highest BCUT2D eigenvalue weighted by Gasteiger charge is 2.38. The van der Waals surface area contributed by atoms with Crippen molar-refractivity contribution in [2.75, 3.05) is 12.8 Å². The lowest BCUT2D eigenvalue weighted by molar-refractivity contribution is -0.145. The van der Waals surface area contributed by atoms with Crippen LogP contribution in [0.25, 0.3) is 0 Å². The predicted molar refractivity (Wildman–Crippen MR) is 51.6 cm³/mol. The average molecular weight is 207 g/mol. The van der Waals surface area contributed by atoms with Gasteiger partial charge in [-0.15, -0.1) is 0 Å². The van der Waals surface area contributed by atoms with Crippen LogP contribution in [0, 0.1) is 0 Å². The van der Waals surface area contributed by atoms with E-state index in [1.165, 1.54) is 13.2 Å². The van der Waals surface area contributed by atoms with Gasteiger partial charge in [0.1, 0.15) is 5.75 Å². The normalized spacial score (nSPS) is 18.2. The fourth-order valence-electron chi connectivity index (χ4n) is 1.43. The van der Waals surface area contributed by atoms with Crippen molar-refractivity contribution in [1.82, 2.24) is 0 Å². The summed E-state index contributed by atoms with van der Waals surface area (Å²) in [6.45, 7) is 0. The van der Waals surface area contributed by atoms with Crippen molar-refractivity contribution in [2.45, 2.75) is 6.10 Å². The van der Waals surface area contributed by atoms with Crippen LogP contribution in [0.15, 0.2) is 18.2 Å². The monoisotopic (exact) mass is 207 g/mol. The highest BCUT2D eigenvalue weighted by atomic mass is 16.6. The molecule has 1 heterocycles. The van der Waals surface area contributed by atoms with Gasteiger partial charge >= 0.3 is 5.97 Å². The lowest BCUT2D eigenvalue weighted by Crippen LogP contribution is -2.31. The Morgan fingerprint density at radius 1 is 1.53 bits per heavy atom. The molecule has 0 aromatic heterocycles. The summed E-state index contributed by atoms with van der Waals surface area (Å²) < 4.78 is 9.60. The number of ether oxygens (including phenoxy) is 2. The molecule has 2 N–H and O–H groups in total. The number of nitrogens with two attached hydrogens (primary N) is 1. The van der Waals surface area contributed by atoms with Crippen LogP contribution in [0.1, 0.15) is 10.4 Å². The number of benzene rings is 1. The van der Waals surface area contributed by atoms with Crippen LogP contribution in [-0.2, 0) is 9.53 Å². The highest BCUT2D eigenvalue weighted by molar-refractivity contribution is 6.15. The second-order valence-electron chi connectivity index (χ2n) is 3.14. The van der Waals surface area contributed by atoms with Crippen molar-refractivity contribution in [3.63, 3.8) is 0 Å². The minimum absolute atomic E-state index is 0.324. The van der Waals surface area contributed by atoms with E-state index in [4.69, 9.17) is 10.5 Å². The van der Waals surface area contributed by atoms with Crippen LogP contribution in [0.5, 0.6) is 5.75 Å². The molecule has 1 unspecified atom stereocenters. The Morgan fingerprint density at radius 3 is 2.93 bits per heavy atom. The fraction of sp³-hybridized carbons (Fsp3) is 0.200. The molecule has 0 spiro atoms. The molecule has 5 heteroatoms. The van der Waals surface area contributed by atoms with E-state index in [-0.39, 0.29) is 0 Å². The van der Waals surface area contributed by atoms with E-state index in [0.717, 1.165) is 0 Å². The number of methoxy groups -OCH3 is 1. The zero-order chi connectivity index (χ0) is 11.0. The molecule has 0 radical (unpaired) electrons. The van der Waals surface area contributed by atoms with Gasteiger partial charge in [0, 0.05) is 5.69 Å². The van der Waals surface area contributed by atoms with Crippen molar-refractivity contribution < 1.29 is 19.1 Å². The molecule has 2 rings (SSSR count). The van der Waals surface area contributed by atoms with Crippen LogP contribution in [0.3, 0.4) is 0 Å². The van der Waals surface area contributed by atoms with Crippen molar-refractivity contribution in [1.29, 1.82) is 0 Å². The number of nitrogen functional groups attached to an aromatic ring is 1. The Balaban J connectivity index is 2.38. The number of ketones is 1. The van der Waals surface area contributed by atoms with Crippen molar-refractivity contribution >= 4 is 17.4 Å². The summed E-state index contributed by atoms with van der Waals surface area (Å²) in [5.74, 6) is -0.747. The molecule has 1 atom stereocenters. The molecule has 78 valence electrons. The fourth-order valence-corrected chi connectivity index (χ4v) is 1.43.